The number of halogens is 3. The number of rotatable bonds is 3. The van der Waals surface area contributed by atoms with Crippen molar-refractivity contribution in [3.63, 3.8) is 0 Å². The first-order chi connectivity index (χ1) is 5.65. The van der Waals surface area contributed by atoms with Gasteiger partial charge in [-0.2, -0.15) is 0 Å². The van der Waals surface area contributed by atoms with Gasteiger partial charge in [-0.05, 0) is 15.9 Å². The van der Waals surface area contributed by atoms with E-state index in [0.29, 0.717) is 17.7 Å². The van der Waals surface area contributed by atoms with Crippen molar-refractivity contribution in [2.45, 2.75) is 6.54 Å². The average Bonchev–Trinajstić information content (AvgIpc) is 2.32. The second kappa shape index (κ2) is 7.05. The number of aromatic nitrogens is 2. The first-order valence-electron chi connectivity index (χ1n) is 3.31. The summed E-state index contributed by atoms with van der Waals surface area (Å²) in [5.74, 6) is -1.04. The highest BCUT2D eigenvalue weighted by Gasteiger charge is 2.12. The minimum absolute atomic E-state index is 0. The predicted molar refractivity (Wildman–Crippen MR) is 60.4 cm³/mol. The molecule has 0 bridgehead atoms. The van der Waals surface area contributed by atoms with Crippen LogP contribution >= 0.6 is 40.7 Å². The van der Waals surface area contributed by atoms with E-state index in [2.05, 4.69) is 20.9 Å². The summed E-state index contributed by atoms with van der Waals surface area (Å²) >= 11 is 3.09. The molecule has 1 rings (SSSR count). The summed E-state index contributed by atoms with van der Waals surface area (Å²) in [5, 5.41) is 8.66. The largest absolute Gasteiger partial charge is 0.475 e. The third kappa shape index (κ3) is 3.83. The summed E-state index contributed by atoms with van der Waals surface area (Å²) in [5.41, 5.74) is 5.28. The zero-order valence-corrected chi connectivity index (χ0v) is 10.2. The van der Waals surface area contributed by atoms with Gasteiger partial charge in [0.15, 0.2) is 0 Å². The molecule has 0 spiro atoms. The molecule has 0 radical (unpaired) electrons. The molecule has 0 unspecified atom stereocenters. The fourth-order valence-electron chi connectivity index (χ4n) is 0.864. The highest BCUT2D eigenvalue weighted by atomic mass is 79.9. The zero-order chi connectivity index (χ0) is 9.14. The number of carboxylic acid groups (broad SMARTS) is 1. The molecule has 8 heteroatoms. The van der Waals surface area contributed by atoms with Crippen molar-refractivity contribution in [1.29, 1.82) is 0 Å². The molecule has 82 valence electrons. The molecule has 0 aromatic carbocycles. The number of nitrogens with zero attached hydrogens (tertiary/aromatic N) is 2. The Morgan fingerprint density at radius 1 is 1.64 bits per heavy atom. The van der Waals surface area contributed by atoms with Crippen molar-refractivity contribution in [2.24, 2.45) is 5.73 Å². The quantitative estimate of drug-likeness (QED) is 0.877. The Morgan fingerprint density at radius 2 is 2.21 bits per heavy atom. The van der Waals surface area contributed by atoms with Gasteiger partial charge in [0.1, 0.15) is 4.60 Å². The van der Waals surface area contributed by atoms with Crippen LogP contribution in [0.2, 0.25) is 0 Å². The van der Waals surface area contributed by atoms with E-state index in [9.17, 15) is 4.79 Å². The van der Waals surface area contributed by atoms with Crippen LogP contribution in [0.15, 0.2) is 10.8 Å². The normalized spacial score (nSPS) is 8.71. The molecule has 14 heavy (non-hydrogen) atoms. The fourth-order valence-corrected chi connectivity index (χ4v) is 1.28. The maximum atomic E-state index is 10.6. The summed E-state index contributed by atoms with van der Waals surface area (Å²) in [4.78, 5) is 14.3. The van der Waals surface area contributed by atoms with Gasteiger partial charge in [-0.1, -0.05) is 0 Å². The van der Waals surface area contributed by atoms with E-state index in [1.165, 1.54) is 4.57 Å². The molecule has 0 aliphatic carbocycles. The summed E-state index contributed by atoms with van der Waals surface area (Å²) in [6.07, 6.45) is 1.59. The fraction of sp³-hybridized carbons (Fsp3) is 0.333. The van der Waals surface area contributed by atoms with Crippen molar-refractivity contribution in [3.8, 4) is 0 Å². The van der Waals surface area contributed by atoms with Crippen LogP contribution in [0.4, 0.5) is 0 Å². The lowest BCUT2D eigenvalue weighted by atomic mass is 10.5. The lowest BCUT2D eigenvalue weighted by molar-refractivity contribution is 0.0678. The van der Waals surface area contributed by atoms with E-state index in [0.717, 1.165) is 0 Å². The number of imidazole rings is 1. The molecule has 0 aliphatic rings. The third-order valence-electron chi connectivity index (χ3n) is 1.31. The predicted octanol–water partition coefficient (Wildman–Crippen LogP) is 1.15. The molecule has 0 amide bonds. The van der Waals surface area contributed by atoms with Gasteiger partial charge in [0, 0.05) is 19.3 Å². The monoisotopic (exact) mass is 305 g/mol. The van der Waals surface area contributed by atoms with Gasteiger partial charge in [-0.25, -0.2) is 9.78 Å². The summed E-state index contributed by atoms with van der Waals surface area (Å²) in [7, 11) is 0. The van der Waals surface area contributed by atoms with E-state index in [1.807, 2.05) is 0 Å². The van der Waals surface area contributed by atoms with Gasteiger partial charge in [-0.3, -0.25) is 0 Å². The van der Waals surface area contributed by atoms with E-state index >= 15 is 0 Å². The van der Waals surface area contributed by atoms with Gasteiger partial charge in [0.25, 0.3) is 0 Å². The Hall–Kier alpha value is -0.300. The van der Waals surface area contributed by atoms with Gasteiger partial charge in [0.2, 0.25) is 5.82 Å². The molecular weight excluding hydrogens is 297 g/mol. The maximum absolute atomic E-state index is 10.6. The number of carboxylic acids is 1. The molecule has 3 N–H and O–H groups in total. The van der Waals surface area contributed by atoms with Crippen LogP contribution in [0.25, 0.3) is 0 Å². The summed E-state index contributed by atoms with van der Waals surface area (Å²) in [6.45, 7) is 0.851. The molecular formula is C6H10BrCl2N3O2. The minimum Gasteiger partial charge on any atom is -0.475 e. The van der Waals surface area contributed by atoms with Crippen LogP contribution in [0.3, 0.4) is 0 Å². The SMILES string of the molecule is Cl.Cl.NCCn1cc(Br)nc1C(=O)O. The Kier molecular flexibility index (Phi) is 8.13. The highest BCUT2D eigenvalue weighted by molar-refractivity contribution is 9.10. The van der Waals surface area contributed by atoms with Crippen LogP contribution in [0.1, 0.15) is 10.6 Å². The Labute approximate surface area is 102 Å². The summed E-state index contributed by atoms with van der Waals surface area (Å²) in [6, 6.07) is 0. The van der Waals surface area contributed by atoms with E-state index in [-0.39, 0.29) is 30.6 Å². The first kappa shape index (κ1) is 16.1. The molecule has 0 saturated carbocycles. The van der Waals surface area contributed by atoms with Crippen molar-refractivity contribution < 1.29 is 9.90 Å². The van der Waals surface area contributed by atoms with E-state index in [4.69, 9.17) is 10.8 Å². The van der Waals surface area contributed by atoms with Gasteiger partial charge in [0.05, 0.1) is 0 Å². The van der Waals surface area contributed by atoms with Crippen LogP contribution in [0, 0.1) is 0 Å². The second-order valence-electron chi connectivity index (χ2n) is 2.17. The highest BCUT2D eigenvalue weighted by Crippen LogP contribution is 2.09. The molecule has 1 heterocycles. The average molecular weight is 307 g/mol. The summed E-state index contributed by atoms with van der Waals surface area (Å²) < 4.78 is 2.00. The molecule has 5 nitrogen and oxygen atoms in total. The Morgan fingerprint density at radius 3 is 2.64 bits per heavy atom. The zero-order valence-electron chi connectivity index (χ0n) is 7.01. The van der Waals surface area contributed by atoms with Gasteiger partial charge < -0.3 is 15.4 Å². The van der Waals surface area contributed by atoms with Crippen molar-refractivity contribution >= 4 is 46.7 Å². The van der Waals surface area contributed by atoms with E-state index < -0.39 is 5.97 Å². The molecule has 0 saturated heterocycles. The molecule has 1 aromatic rings. The number of nitrogens with two attached hydrogens (primary N) is 1. The van der Waals surface area contributed by atoms with E-state index in [1.54, 1.807) is 6.20 Å². The van der Waals surface area contributed by atoms with Gasteiger partial charge in [-0.15, -0.1) is 24.8 Å². The van der Waals surface area contributed by atoms with Crippen LogP contribution in [-0.4, -0.2) is 27.2 Å². The standard InChI is InChI=1S/C6H8BrN3O2.2ClH/c7-4-3-10(2-1-8)5(9-4)6(11)12;;/h3H,1-2,8H2,(H,11,12);2*1H. The van der Waals surface area contributed by atoms with Gasteiger partial charge >= 0.3 is 5.97 Å². The Bertz CT molecular complexity index is 305. The third-order valence-corrected chi connectivity index (χ3v) is 1.69. The molecule has 0 fully saturated rings. The van der Waals surface area contributed by atoms with Crippen LogP contribution < -0.4 is 5.73 Å². The van der Waals surface area contributed by atoms with Crippen LogP contribution in [0.5, 0.6) is 0 Å². The Balaban J connectivity index is 0. The molecule has 0 atom stereocenters. The minimum atomic E-state index is -1.05. The lowest BCUT2D eigenvalue weighted by Gasteiger charge is -1.99. The van der Waals surface area contributed by atoms with Crippen molar-refractivity contribution in [1.82, 2.24) is 9.55 Å². The maximum Gasteiger partial charge on any atom is 0.372 e. The number of carbonyl (C=O) groups is 1. The lowest BCUT2D eigenvalue weighted by Crippen LogP contribution is -2.14. The second-order valence-corrected chi connectivity index (χ2v) is 2.99. The van der Waals surface area contributed by atoms with Crippen LogP contribution in [-0.2, 0) is 6.54 Å². The topological polar surface area (TPSA) is 81.1 Å². The first-order valence-corrected chi connectivity index (χ1v) is 4.10. The molecule has 0 aliphatic heterocycles. The smallest absolute Gasteiger partial charge is 0.372 e. The number of aromatic carboxylic acids is 1. The number of hydrogen-bond donors (Lipinski definition) is 2. The van der Waals surface area contributed by atoms with Crippen molar-refractivity contribution in [3.05, 3.63) is 16.6 Å². The molecule has 1 aromatic heterocycles. The number of hydrogen-bond acceptors (Lipinski definition) is 3. The van der Waals surface area contributed by atoms with Crippen molar-refractivity contribution in [2.75, 3.05) is 6.54 Å².